The fourth-order valence-corrected chi connectivity index (χ4v) is 2.69. The predicted molar refractivity (Wildman–Crippen MR) is 83.9 cm³/mol. The maximum atomic E-state index is 5.39. The molecule has 0 aliphatic heterocycles. The van der Waals surface area contributed by atoms with Gasteiger partial charge in [-0.25, -0.2) is 0 Å². The second-order valence-corrected chi connectivity index (χ2v) is 5.60. The highest BCUT2D eigenvalue weighted by Crippen LogP contribution is 2.23. The quantitative estimate of drug-likeness (QED) is 0.883. The van der Waals surface area contributed by atoms with Gasteiger partial charge in [0.1, 0.15) is 5.75 Å². The lowest BCUT2D eigenvalue weighted by atomic mass is 10.1. The van der Waals surface area contributed by atoms with Gasteiger partial charge in [-0.2, -0.15) is 0 Å². The second-order valence-electron chi connectivity index (χ2n) is 4.69. The Labute approximate surface area is 122 Å². The molecule has 0 atom stereocenters. The molecule has 2 rings (SSSR count). The molecular formula is C16H18BrNO. The van der Waals surface area contributed by atoms with Crippen molar-refractivity contribution in [3.63, 3.8) is 0 Å². The van der Waals surface area contributed by atoms with Crippen LogP contribution in [0.3, 0.4) is 0 Å². The third-order valence-electron chi connectivity index (χ3n) is 2.96. The van der Waals surface area contributed by atoms with Crippen molar-refractivity contribution in [1.82, 2.24) is 0 Å². The summed E-state index contributed by atoms with van der Waals surface area (Å²) >= 11 is 3.51. The lowest BCUT2D eigenvalue weighted by molar-refractivity contribution is 0.410. The van der Waals surface area contributed by atoms with E-state index in [1.807, 2.05) is 6.07 Å². The van der Waals surface area contributed by atoms with Gasteiger partial charge >= 0.3 is 0 Å². The Morgan fingerprint density at radius 3 is 2.53 bits per heavy atom. The lowest BCUT2D eigenvalue weighted by Gasteiger charge is -2.12. The van der Waals surface area contributed by atoms with Gasteiger partial charge in [-0.1, -0.05) is 33.6 Å². The molecule has 2 nitrogen and oxygen atoms in total. The summed E-state index contributed by atoms with van der Waals surface area (Å²) in [6, 6.07) is 12.5. The fourth-order valence-electron chi connectivity index (χ4n) is 2.08. The van der Waals surface area contributed by atoms with E-state index in [0.717, 1.165) is 22.5 Å². The molecule has 0 aromatic heterocycles. The number of hydrogen-bond acceptors (Lipinski definition) is 2. The molecule has 0 unspecified atom stereocenters. The first-order valence-corrected chi connectivity index (χ1v) is 7.02. The lowest BCUT2D eigenvalue weighted by Crippen LogP contribution is -2.02. The summed E-state index contributed by atoms with van der Waals surface area (Å²) in [5, 5.41) is 3.43. The smallest absolute Gasteiger partial charge is 0.123 e. The minimum absolute atomic E-state index is 0.751. The van der Waals surface area contributed by atoms with Crippen LogP contribution in [-0.2, 0) is 6.54 Å². The van der Waals surface area contributed by atoms with Gasteiger partial charge in [0.05, 0.1) is 7.11 Å². The molecule has 2 aromatic carbocycles. The van der Waals surface area contributed by atoms with E-state index in [1.54, 1.807) is 7.11 Å². The van der Waals surface area contributed by atoms with Crippen molar-refractivity contribution in [2.24, 2.45) is 0 Å². The van der Waals surface area contributed by atoms with Crippen LogP contribution in [0.4, 0.5) is 5.69 Å². The number of methoxy groups -OCH3 is 1. The first-order chi connectivity index (χ1) is 9.08. The maximum Gasteiger partial charge on any atom is 0.123 e. The van der Waals surface area contributed by atoms with Crippen LogP contribution < -0.4 is 10.1 Å². The summed E-state index contributed by atoms with van der Waals surface area (Å²) in [7, 11) is 1.71. The topological polar surface area (TPSA) is 21.3 Å². The van der Waals surface area contributed by atoms with E-state index in [2.05, 4.69) is 65.4 Å². The van der Waals surface area contributed by atoms with Crippen molar-refractivity contribution in [2.75, 3.05) is 12.4 Å². The number of halogens is 1. The predicted octanol–water partition coefficient (Wildman–Crippen LogP) is 4.69. The van der Waals surface area contributed by atoms with E-state index in [4.69, 9.17) is 4.74 Å². The monoisotopic (exact) mass is 319 g/mol. The second kappa shape index (κ2) is 6.11. The number of ether oxygens (including phenoxy) is 1. The molecule has 2 aromatic rings. The van der Waals surface area contributed by atoms with E-state index in [-0.39, 0.29) is 0 Å². The number of nitrogens with one attached hydrogen (secondary N) is 1. The summed E-state index contributed by atoms with van der Waals surface area (Å²) in [4.78, 5) is 0. The molecule has 0 heterocycles. The first-order valence-electron chi connectivity index (χ1n) is 6.23. The van der Waals surface area contributed by atoms with Crippen LogP contribution in [0.25, 0.3) is 0 Å². The van der Waals surface area contributed by atoms with Gasteiger partial charge in [-0.3, -0.25) is 0 Å². The van der Waals surface area contributed by atoms with Crippen molar-refractivity contribution in [2.45, 2.75) is 20.4 Å². The van der Waals surface area contributed by atoms with Crippen LogP contribution in [0.15, 0.2) is 40.9 Å². The van der Waals surface area contributed by atoms with Gasteiger partial charge in [0.25, 0.3) is 0 Å². The van der Waals surface area contributed by atoms with Crippen molar-refractivity contribution in [1.29, 1.82) is 0 Å². The van der Waals surface area contributed by atoms with Gasteiger partial charge in [0.2, 0.25) is 0 Å². The Morgan fingerprint density at radius 1 is 1.05 bits per heavy atom. The molecule has 3 heteroatoms. The Morgan fingerprint density at radius 2 is 1.84 bits per heavy atom. The highest BCUT2D eigenvalue weighted by Gasteiger charge is 2.03. The van der Waals surface area contributed by atoms with Crippen molar-refractivity contribution < 1.29 is 4.74 Å². The van der Waals surface area contributed by atoms with Gasteiger partial charge in [-0.05, 0) is 43.7 Å². The molecule has 0 fully saturated rings. The largest absolute Gasteiger partial charge is 0.496 e. The fraction of sp³-hybridized carbons (Fsp3) is 0.250. The number of rotatable bonds is 4. The van der Waals surface area contributed by atoms with Crippen LogP contribution in [0.2, 0.25) is 0 Å². The van der Waals surface area contributed by atoms with E-state index in [0.29, 0.717) is 0 Å². The summed E-state index contributed by atoms with van der Waals surface area (Å²) in [6.07, 6.45) is 0. The van der Waals surface area contributed by atoms with E-state index in [1.165, 1.54) is 16.7 Å². The van der Waals surface area contributed by atoms with E-state index >= 15 is 0 Å². The van der Waals surface area contributed by atoms with Crippen molar-refractivity contribution in [3.8, 4) is 5.75 Å². The zero-order valence-corrected chi connectivity index (χ0v) is 13.0. The zero-order valence-electron chi connectivity index (χ0n) is 11.5. The van der Waals surface area contributed by atoms with Gasteiger partial charge < -0.3 is 10.1 Å². The van der Waals surface area contributed by atoms with Crippen LogP contribution in [0.1, 0.15) is 16.7 Å². The summed E-state index contributed by atoms with van der Waals surface area (Å²) < 4.78 is 6.48. The SMILES string of the molecule is COc1ccc(C)cc1CNc1cc(C)cc(Br)c1. The third-order valence-corrected chi connectivity index (χ3v) is 3.42. The summed E-state index contributed by atoms with van der Waals surface area (Å²) in [6.45, 7) is 4.93. The van der Waals surface area contributed by atoms with Crippen LogP contribution in [0, 0.1) is 13.8 Å². The molecule has 19 heavy (non-hydrogen) atoms. The molecule has 0 radical (unpaired) electrons. The van der Waals surface area contributed by atoms with Crippen LogP contribution in [-0.4, -0.2) is 7.11 Å². The van der Waals surface area contributed by atoms with Gasteiger partial charge in [-0.15, -0.1) is 0 Å². The standard InChI is InChI=1S/C16H18BrNO/c1-11-4-5-16(19-3)13(6-11)10-18-15-8-12(2)7-14(17)9-15/h4-9,18H,10H2,1-3H3. The normalized spacial score (nSPS) is 10.3. The summed E-state index contributed by atoms with van der Waals surface area (Å²) in [5.74, 6) is 0.921. The summed E-state index contributed by atoms with van der Waals surface area (Å²) in [5.41, 5.74) is 4.74. The maximum absolute atomic E-state index is 5.39. The average Bonchev–Trinajstić information content (AvgIpc) is 2.35. The Kier molecular flexibility index (Phi) is 4.48. The minimum Gasteiger partial charge on any atom is -0.496 e. The number of benzene rings is 2. The highest BCUT2D eigenvalue weighted by molar-refractivity contribution is 9.10. The molecule has 0 spiro atoms. The van der Waals surface area contributed by atoms with Gasteiger partial charge in [0, 0.05) is 22.3 Å². The molecule has 0 bridgehead atoms. The third kappa shape index (κ3) is 3.74. The van der Waals surface area contributed by atoms with E-state index < -0.39 is 0 Å². The van der Waals surface area contributed by atoms with Crippen molar-refractivity contribution >= 4 is 21.6 Å². The molecule has 1 N–H and O–H groups in total. The zero-order chi connectivity index (χ0) is 13.8. The van der Waals surface area contributed by atoms with Crippen LogP contribution in [0.5, 0.6) is 5.75 Å². The molecule has 0 saturated heterocycles. The molecular weight excluding hydrogens is 302 g/mol. The molecule has 0 aliphatic carbocycles. The molecule has 100 valence electrons. The average molecular weight is 320 g/mol. The number of anilines is 1. The first kappa shape index (κ1) is 13.9. The minimum atomic E-state index is 0.751. The highest BCUT2D eigenvalue weighted by atomic mass is 79.9. The Hall–Kier alpha value is -1.48. The molecule has 0 saturated carbocycles. The Bertz CT molecular complexity index is 561. The number of aryl methyl sites for hydroxylation is 2. The van der Waals surface area contributed by atoms with Crippen molar-refractivity contribution in [3.05, 3.63) is 57.6 Å². The van der Waals surface area contributed by atoms with Crippen LogP contribution >= 0.6 is 15.9 Å². The Balaban J connectivity index is 2.16. The van der Waals surface area contributed by atoms with E-state index in [9.17, 15) is 0 Å². The molecule has 0 amide bonds. The number of hydrogen-bond donors (Lipinski definition) is 1. The van der Waals surface area contributed by atoms with Gasteiger partial charge in [0.15, 0.2) is 0 Å². The molecule has 0 aliphatic rings.